The van der Waals surface area contributed by atoms with Crippen LogP contribution < -0.4 is 4.74 Å². The highest BCUT2D eigenvalue weighted by Gasteiger charge is 2.35. The summed E-state index contributed by atoms with van der Waals surface area (Å²) in [5, 5.41) is 0. The molecule has 2 aromatic carbocycles. The van der Waals surface area contributed by atoms with E-state index in [0.29, 0.717) is 24.3 Å². The molecule has 5 nitrogen and oxygen atoms in total. The van der Waals surface area contributed by atoms with Gasteiger partial charge in [0.1, 0.15) is 5.75 Å². The normalized spacial score (nSPS) is 18.5. The first-order chi connectivity index (χ1) is 12.4. The predicted molar refractivity (Wildman–Crippen MR) is 104 cm³/mol. The largest absolute Gasteiger partial charge is 0.497 e. The first kappa shape index (κ1) is 18.9. The summed E-state index contributed by atoms with van der Waals surface area (Å²) in [7, 11) is -1.50. The van der Waals surface area contributed by atoms with Gasteiger partial charge in [0.2, 0.25) is 0 Å². The summed E-state index contributed by atoms with van der Waals surface area (Å²) in [6, 6.07) is 14.3. The van der Waals surface area contributed by atoms with Gasteiger partial charge in [-0.1, -0.05) is 28.1 Å². The number of nitrogens with zero attached hydrogens (tertiary/aromatic N) is 1. The Morgan fingerprint density at radius 1 is 1.23 bits per heavy atom. The maximum atomic E-state index is 13.1. The lowest BCUT2D eigenvalue weighted by atomic mass is 10.1. The summed E-state index contributed by atoms with van der Waals surface area (Å²) in [6.07, 6.45) is 0.467. The smallest absolute Gasteiger partial charge is 0.254 e. The molecule has 1 fully saturated rings. The highest BCUT2D eigenvalue weighted by Crippen LogP contribution is 2.24. The number of carbonyl (C=O) groups excluding carboxylic acids is 1. The topological polar surface area (TPSA) is 63.7 Å². The Labute approximate surface area is 162 Å². The van der Waals surface area contributed by atoms with Gasteiger partial charge in [0.05, 0.1) is 18.6 Å². The second-order valence-electron chi connectivity index (χ2n) is 6.35. The fraction of sp³-hybridized carbons (Fsp3) is 0.316. The van der Waals surface area contributed by atoms with Gasteiger partial charge in [-0.25, -0.2) is 8.42 Å². The van der Waals surface area contributed by atoms with Gasteiger partial charge in [-0.3, -0.25) is 4.79 Å². The molecule has 0 radical (unpaired) electrons. The summed E-state index contributed by atoms with van der Waals surface area (Å²) in [4.78, 5) is 14.8. The highest BCUT2D eigenvalue weighted by molar-refractivity contribution is 9.10. The van der Waals surface area contributed by atoms with Crippen molar-refractivity contribution in [1.82, 2.24) is 4.90 Å². The molecule has 0 aromatic heterocycles. The van der Waals surface area contributed by atoms with Crippen molar-refractivity contribution in [3.8, 4) is 5.75 Å². The molecule has 1 heterocycles. The standard InChI is InChI=1S/C19H20BrNO4S/c1-25-18-4-2-3-14(11-18)12-21(17-9-10-26(23,24)13-17)19(22)15-5-7-16(20)8-6-15/h2-8,11,17H,9-10,12-13H2,1H3. The molecule has 138 valence electrons. The summed E-state index contributed by atoms with van der Waals surface area (Å²) >= 11 is 3.36. The first-order valence-electron chi connectivity index (χ1n) is 8.28. The van der Waals surface area contributed by atoms with Crippen molar-refractivity contribution in [2.24, 2.45) is 0 Å². The molecule has 0 spiro atoms. The molecular weight excluding hydrogens is 418 g/mol. The van der Waals surface area contributed by atoms with Crippen molar-refractivity contribution in [2.45, 2.75) is 19.0 Å². The number of benzene rings is 2. The second-order valence-corrected chi connectivity index (χ2v) is 9.49. The van der Waals surface area contributed by atoms with Gasteiger partial charge in [-0.2, -0.15) is 0 Å². The molecule has 1 atom stereocenters. The third-order valence-electron chi connectivity index (χ3n) is 4.49. The molecule has 7 heteroatoms. The summed E-state index contributed by atoms with van der Waals surface area (Å²) in [5.41, 5.74) is 1.44. The lowest BCUT2D eigenvalue weighted by molar-refractivity contribution is 0.0680. The highest BCUT2D eigenvalue weighted by atomic mass is 79.9. The number of hydrogen-bond acceptors (Lipinski definition) is 4. The average molecular weight is 438 g/mol. The van der Waals surface area contributed by atoms with Crippen LogP contribution in [0.15, 0.2) is 53.0 Å². The number of halogens is 1. The van der Waals surface area contributed by atoms with E-state index in [4.69, 9.17) is 4.74 Å². The minimum absolute atomic E-state index is 0.0131. The lowest BCUT2D eigenvalue weighted by Gasteiger charge is -2.28. The SMILES string of the molecule is COc1cccc(CN(C(=O)c2ccc(Br)cc2)C2CCS(=O)(=O)C2)c1. The van der Waals surface area contributed by atoms with Crippen molar-refractivity contribution in [3.05, 3.63) is 64.1 Å². The van der Waals surface area contributed by atoms with E-state index >= 15 is 0 Å². The van der Waals surface area contributed by atoms with E-state index < -0.39 is 9.84 Å². The average Bonchev–Trinajstić information content (AvgIpc) is 2.99. The van der Waals surface area contributed by atoms with E-state index in [1.807, 2.05) is 36.4 Å². The van der Waals surface area contributed by atoms with Gasteiger partial charge < -0.3 is 9.64 Å². The van der Waals surface area contributed by atoms with Crippen molar-refractivity contribution >= 4 is 31.7 Å². The van der Waals surface area contributed by atoms with Crippen molar-refractivity contribution in [1.29, 1.82) is 0 Å². The number of methoxy groups -OCH3 is 1. The molecule has 1 aliphatic rings. The maximum Gasteiger partial charge on any atom is 0.254 e. The molecule has 0 aliphatic carbocycles. The number of carbonyl (C=O) groups is 1. The van der Waals surface area contributed by atoms with E-state index in [1.54, 1.807) is 24.1 Å². The molecule has 1 unspecified atom stereocenters. The summed E-state index contributed by atoms with van der Waals surface area (Å²) in [5.74, 6) is 0.680. The molecular formula is C19H20BrNO4S. The van der Waals surface area contributed by atoms with Crippen LogP contribution in [0.25, 0.3) is 0 Å². The maximum absolute atomic E-state index is 13.1. The van der Waals surface area contributed by atoms with Crippen LogP contribution in [0.4, 0.5) is 0 Å². The van der Waals surface area contributed by atoms with Crippen LogP contribution in [0, 0.1) is 0 Å². The summed E-state index contributed by atoms with van der Waals surface area (Å²) in [6.45, 7) is 0.340. The van der Waals surface area contributed by atoms with Gasteiger partial charge >= 0.3 is 0 Å². The van der Waals surface area contributed by atoms with Crippen LogP contribution in [-0.2, 0) is 16.4 Å². The van der Waals surface area contributed by atoms with Gasteiger partial charge in [0, 0.05) is 22.6 Å². The molecule has 0 bridgehead atoms. The zero-order valence-electron chi connectivity index (χ0n) is 14.4. The Bertz CT molecular complexity index is 896. The van der Waals surface area contributed by atoms with Crippen LogP contribution in [0.5, 0.6) is 5.75 Å². The van der Waals surface area contributed by atoms with Crippen LogP contribution in [-0.4, -0.2) is 43.9 Å². The van der Waals surface area contributed by atoms with Crippen molar-refractivity contribution in [3.63, 3.8) is 0 Å². The quantitative estimate of drug-likeness (QED) is 0.719. The van der Waals surface area contributed by atoms with E-state index in [1.165, 1.54) is 0 Å². The number of amides is 1. The van der Waals surface area contributed by atoms with Crippen LogP contribution in [0.3, 0.4) is 0 Å². The monoisotopic (exact) mass is 437 g/mol. The third-order valence-corrected chi connectivity index (χ3v) is 6.77. The number of rotatable bonds is 5. The number of sulfone groups is 1. The molecule has 3 rings (SSSR count). The second kappa shape index (κ2) is 7.80. The Kier molecular flexibility index (Phi) is 5.67. The Morgan fingerprint density at radius 3 is 2.58 bits per heavy atom. The minimum atomic E-state index is -3.09. The van der Waals surface area contributed by atoms with Crippen molar-refractivity contribution in [2.75, 3.05) is 18.6 Å². The third kappa shape index (κ3) is 4.45. The molecule has 1 aliphatic heterocycles. The molecule has 0 saturated carbocycles. The van der Waals surface area contributed by atoms with Crippen LogP contribution in [0.1, 0.15) is 22.3 Å². The first-order valence-corrected chi connectivity index (χ1v) is 10.9. The Balaban J connectivity index is 1.90. The van der Waals surface area contributed by atoms with Crippen molar-refractivity contribution < 1.29 is 17.9 Å². The van der Waals surface area contributed by atoms with Crippen LogP contribution >= 0.6 is 15.9 Å². The van der Waals surface area contributed by atoms with Crippen LogP contribution in [0.2, 0.25) is 0 Å². The fourth-order valence-corrected chi connectivity index (χ4v) is 5.11. The number of ether oxygens (including phenoxy) is 1. The van der Waals surface area contributed by atoms with Gasteiger partial charge in [-0.05, 0) is 48.4 Å². The molecule has 2 aromatic rings. The number of hydrogen-bond donors (Lipinski definition) is 0. The zero-order chi connectivity index (χ0) is 18.7. The fourth-order valence-electron chi connectivity index (χ4n) is 3.11. The zero-order valence-corrected chi connectivity index (χ0v) is 16.8. The lowest BCUT2D eigenvalue weighted by Crippen LogP contribution is -2.40. The Hall–Kier alpha value is -1.86. The molecule has 1 saturated heterocycles. The molecule has 26 heavy (non-hydrogen) atoms. The molecule has 1 amide bonds. The van der Waals surface area contributed by atoms with E-state index in [0.717, 1.165) is 10.0 Å². The predicted octanol–water partition coefficient (Wildman–Crippen LogP) is 3.29. The van der Waals surface area contributed by atoms with Gasteiger partial charge in [0.15, 0.2) is 9.84 Å². The van der Waals surface area contributed by atoms with E-state index in [-0.39, 0.29) is 23.5 Å². The molecule has 0 N–H and O–H groups in total. The van der Waals surface area contributed by atoms with Gasteiger partial charge in [-0.15, -0.1) is 0 Å². The van der Waals surface area contributed by atoms with Gasteiger partial charge in [0.25, 0.3) is 5.91 Å². The summed E-state index contributed by atoms with van der Waals surface area (Å²) < 4.78 is 30.0. The Morgan fingerprint density at radius 2 is 1.96 bits per heavy atom. The minimum Gasteiger partial charge on any atom is -0.497 e. The van der Waals surface area contributed by atoms with E-state index in [2.05, 4.69) is 15.9 Å². The van der Waals surface area contributed by atoms with E-state index in [9.17, 15) is 13.2 Å².